The van der Waals surface area contributed by atoms with Crippen LogP contribution in [-0.2, 0) is 4.79 Å². The number of aromatic nitrogens is 2. The summed E-state index contributed by atoms with van der Waals surface area (Å²) in [5.74, 6) is 7.36. The van der Waals surface area contributed by atoms with Crippen LogP contribution in [0.25, 0.3) is 0 Å². The lowest BCUT2D eigenvalue weighted by molar-refractivity contribution is -0.109. The first-order valence-corrected chi connectivity index (χ1v) is 6.20. The molecule has 0 aliphatic rings. The molecule has 0 radical (unpaired) electrons. The van der Waals surface area contributed by atoms with Crippen LogP contribution in [0.15, 0.2) is 12.4 Å². The van der Waals surface area contributed by atoms with Gasteiger partial charge in [-0.15, -0.1) is 0 Å². The molecule has 0 fully saturated rings. The average molecular weight is 249 g/mol. The van der Waals surface area contributed by atoms with Gasteiger partial charge in [0.1, 0.15) is 0 Å². The molecule has 0 spiro atoms. The van der Waals surface area contributed by atoms with Gasteiger partial charge >= 0.3 is 0 Å². The number of hydrogen-bond acceptors (Lipinski definition) is 5. The van der Waals surface area contributed by atoms with Gasteiger partial charge in [0.05, 0.1) is 5.56 Å². The Kier molecular flexibility index (Phi) is 5.50. The summed E-state index contributed by atoms with van der Waals surface area (Å²) in [7, 11) is 3.78. The monoisotopic (exact) mass is 249 g/mol. The van der Waals surface area contributed by atoms with Crippen molar-refractivity contribution in [2.24, 2.45) is 0 Å². The van der Waals surface area contributed by atoms with Crippen molar-refractivity contribution in [3.63, 3.8) is 0 Å². The zero-order chi connectivity index (χ0) is 12.7. The Labute approximate surface area is 106 Å². The highest BCUT2D eigenvalue weighted by Gasteiger charge is 1.96. The summed E-state index contributed by atoms with van der Waals surface area (Å²) in [4.78, 5) is 20.8. The molecule has 4 nitrogen and oxygen atoms in total. The fourth-order valence-electron chi connectivity index (χ4n) is 1.03. The van der Waals surface area contributed by atoms with Gasteiger partial charge < -0.3 is 4.90 Å². The van der Waals surface area contributed by atoms with Gasteiger partial charge in [-0.3, -0.25) is 4.79 Å². The van der Waals surface area contributed by atoms with E-state index in [1.807, 2.05) is 19.0 Å². The van der Waals surface area contributed by atoms with E-state index >= 15 is 0 Å². The van der Waals surface area contributed by atoms with Gasteiger partial charge in [0.2, 0.25) is 5.95 Å². The lowest BCUT2D eigenvalue weighted by atomic mass is 10.3. The van der Waals surface area contributed by atoms with Crippen LogP contribution in [0.3, 0.4) is 0 Å². The normalized spacial score (nSPS) is 9.35. The highest BCUT2D eigenvalue weighted by atomic mass is 32.2. The summed E-state index contributed by atoms with van der Waals surface area (Å²) < 4.78 is 0. The highest BCUT2D eigenvalue weighted by Crippen LogP contribution is 2.03. The topological polar surface area (TPSA) is 46.1 Å². The summed E-state index contributed by atoms with van der Waals surface area (Å²) in [5, 5.41) is 0.130. The van der Waals surface area contributed by atoms with Crippen LogP contribution in [0.5, 0.6) is 0 Å². The van der Waals surface area contributed by atoms with Crippen molar-refractivity contribution in [3.05, 3.63) is 18.0 Å². The van der Waals surface area contributed by atoms with Crippen molar-refractivity contribution in [2.75, 3.05) is 24.7 Å². The number of hydrogen-bond donors (Lipinski definition) is 0. The van der Waals surface area contributed by atoms with Crippen molar-refractivity contribution >= 4 is 22.8 Å². The molecule has 5 heteroatoms. The van der Waals surface area contributed by atoms with Crippen LogP contribution in [0.2, 0.25) is 0 Å². The second kappa shape index (κ2) is 6.92. The maximum absolute atomic E-state index is 10.7. The Bertz CT molecular complexity index is 431. The molecular formula is C12H15N3OS. The molecular weight excluding hydrogens is 234 g/mol. The lowest BCUT2D eigenvalue weighted by Gasteiger charge is -2.07. The van der Waals surface area contributed by atoms with Crippen molar-refractivity contribution in [1.82, 2.24) is 9.97 Å². The second-order valence-corrected chi connectivity index (χ2v) is 4.83. The molecule has 1 rings (SSSR count). The fraction of sp³-hybridized carbons (Fsp3) is 0.417. The molecule has 17 heavy (non-hydrogen) atoms. The molecule has 0 bridgehead atoms. The van der Waals surface area contributed by atoms with E-state index in [9.17, 15) is 4.79 Å². The lowest BCUT2D eigenvalue weighted by Crippen LogP contribution is -2.12. The first-order valence-electron chi connectivity index (χ1n) is 5.21. The fourth-order valence-corrected chi connectivity index (χ4v) is 1.52. The molecule has 0 amide bonds. The van der Waals surface area contributed by atoms with Gasteiger partial charge in [-0.25, -0.2) is 9.97 Å². The van der Waals surface area contributed by atoms with Crippen molar-refractivity contribution in [1.29, 1.82) is 0 Å². The number of anilines is 1. The minimum absolute atomic E-state index is 0.130. The van der Waals surface area contributed by atoms with Crippen LogP contribution >= 0.6 is 11.8 Å². The van der Waals surface area contributed by atoms with Gasteiger partial charge in [0.25, 0.3) is 0 Å². The largest absolute Gasteiger partial charge is 0.347 e. The molecule has 0 N–H and O–H groups in total. The molecule has 90 valence electrons. The molecule has 1 aromatic rings. The van der Waals surface area contributed by atoms with Crippen LogP contribution in [0.1, 0.15) is 18.9 Å². The van der Waals surface area contributed by atoms with Gasteiger partial charge in [-0.2, -0.15) is 0 Å². The Morgan fingerprint density at radius 2 is 2.06 bits per heavy atom. The summed E-state index contributed by atoms with van der Waals surface area (Å²) in [5.41, 5.74) is 0.795. The number of carbonyl (C=O) groups is 1. The van der Waals surface area contributed by atoms with Crippen molar-refractivity contribution < 1.29 is 4.79 Å². The van der Waals surface area contributed by atoms with Crippen LogP contribution in [-0.4, -0.2) is 34.9 Å². The Morgan fingerprint density at radius 1 is 1.41 bits per heavy atom. The summed E-state index contributed by atoms with van der Waals surface area (Å²) in [6, 6.07) is 0. The van der Waals surface area contributed by atoms with E-state index in [1.165, 1.54) is 11.8 Å². The number of thioether (sulfide) groups is 1. The number of carbonyl (C=O) groups excluding carboxylic acids is 1. The van der Waals surface area contributed by atoms with Crippen molar-refractivity contribution in [2.45, 2.75) is 13.3 Å². The molecule has 0 aromatic carbocycles. The van der Waals surface area contributed by atoms with E-state index in [2.05, 4.69) is 21.8 Å². The molecule has 0 saturated carbocycles. The molecule has 0 saturated heterocycles. The number of nitrogens with zero attached hydrogens (tertiary/aromatic N) is 3. The minimum Gasteiger partial charge on any atom is -0.347 e. The zero-order valence-corrected chi connectivity index (χ0v) is 11.0. The standard InChI is InChI=1S/C12H15N3OS/c1-10(16)17-7-5-4-6-11-8-13-12(14-9-11)15(2)3/h8-9H,5,7H2,1-3H3. The molecule has 0 unspecified atom stereocenters. The minimum atomic E-state index is 0.130. The maximum atomic E-state index is 10.7. The quantitative estimate of drug-likeness (QED) is 0.601. The van der Waals surface area contributed by atoms with E-state index in [0.29, 0.717) is 12.4 Å². The SMILES string of the molecule is CC(=O)SCCC#Cc1cnc(N(C)C)nc1. The molecule has 0 aliphatic carbocycles. The highest BCUT2D eigenvalue weighted by molar-refractivity contribution is 8.13. The van der Waals surface area contributed by atoms with Crippen molar-refractivity contribution in [3.8, 4) is 11.8 Å². The smallest absolute Gasteiger partial charge is 0.224 e. The van der Waals surface area contributed by atoms with E-state index in [-0.39, 0.29) is 5.12 Å². The van der Waals surface area contributed by atoms with E-state index < -0.39 is 0 Å². The third kappa shape index (κ3) is 5.36. The molecule has 1 heterocycles. The predicted molar refractivity (Wildman–Crippen MR) is 71.0 cm³/mol. The zero-order valence-electron chi connectivity index (χ0n) is 10.2. The summed E-state index contributed by atoms with van der Waals surface area (Å²) in [6.07, 6.45) is 4.10. The molecule has 0 atom stereocenters. The van der Waals surface area contributed by atoms with Crippen LogP contribution in [0.4, 0.5) is 5.95 Å². The molecule has 1 aromatic heterocycles. The first kappa shape index (κ1) is 13.5. The second-order valence-electron chi connectivity index (χ2n) is 3.56. The van der Waals surface area contributed by atoms with Gasteiger partial charge in [0, 0.05) is 45.6 Å². The maximum Gasteiger partial charge on any atom is 0.224 e. The third-order valence-corrected chi connectivity index (χ3v) is 2.62. The van der Waals surface area contributed by atoms with Crippen LogP contribution < -0.4 is 4.90 Å². The third-order valence-electron chi connectivity index (χ3n) is 1.80. The Balaban J connectivity index is 2.46. The van der Waals surface area contributed by atoms with E-state index in [4.69, 9.17) is 0 Å². The van der Waals surface area contributed by atoms with E-state index in [1.54, 1.807) is 19.3 Å². The van der Waals surface area contributed by atoms with Crippen LogP contribution in [0, 0.1) is 11.8 Å². The number of rotatable bonds is 3. The van der Waals surface area contributed by atoms with E-state index in [0.717, 1.165) is 11.3 Å². The Hall–Kier alpha value is -1.54. The van der Waals surface area contributed by atoms with Gasteiger partial charge in [0.15, 0.2) is 5.12 Å². The molecule has 0 aliphatic heterocycles. The Morgan fingerprint density at radius 3 is 2.59 bits per heavy atom. The average Bonchev–Trinajstić information content (AvgIpc) is 2.29. The van der Waals surface area contributed by atoms with Gasteiger partial charge in [-0.1, -0.05) is 23.6 Å². The first-order chi connectivity index (χ1) is 8.09. The predicted octanol–water partition coefficient (Wildman–Crippen LogP) is 1.56. The summed E-state index contributed by atoms with van der Waals surface area (Å²) in [6.45, 7) is 1.56. The summed E-state index contributed by atoms with van der Waals surface area (Å²) >= 11 is 1.29. The van der Waals surface area contributed by atoms with Gasteiger partial charge in [-0.05, 0) is 0 Å².